The van der Waals surface area contributed by atoms with Crippen LogP contribution in [0.5, 0.6) is 5.75 Å². The van der Waals surface area contributed by atoms with Crippen molar-refractivity contribution in [1.82, 2.24) is 0 Å². The van der Waals surface area contributed by atoms with Crippen LogP contribution in [0, 0.1) is 0 Å². The summed E-state index contributed by atoms with van der Waals surface area (Å²) in [5, 5.41) is 10.9. The molecule has 1 N–H and O–H groups in total. The number of methoxy groups -OCH3 is 1. The van der Waals surface area contributed by atoms with Gasteiger partial charge in [0, 0.05) is 17.1 Å². The molecule has 0 spiro atoms. The third-order valence-corrected chi connectivity index (χ3v) is 4.75. The molecule has 0 radical (unpaired) electrons. The van der Waals surface area contributed by atoms with E-state index in [-0.39, 0.29) is 0 Å². The number of ether oxygens (including phenoxy) is 1. The van der Waals surface area contributed by atoms with E-state index in [0.717, 1.165) is 11.3 Å². The lowest BCUT2D eigenvalue weighted by Gasteiger charge is -2.27. The maximum atomic E-state index is 10.9. The highest BCUT2D eigenvalue weighted by Gasteiger charge is 2.26. The summed E-state index contributed by atoms with van der Waals surface area (Å²) in [7, 11) is 1.65. The second-order valence-corrected chi connectivity index (χ2v) is 6.39. The minimum Gasteiger partial charge on any atom is -0.497 e. The van der Waals surface area contributed by atoms with Gasteiger partial charge < -0.3 is 9.84 Å². The molecule has 1 atom stereocenters. The van der Waals surface area contributed by atoms with Crippen molar-refractivity contribution in [1.29, 1.82) is 0 Å². The summed E-state index contributed by atoms with van der Waals surface area (Å²) in [5.74, 6) is 1.46. The van der Waals surface area contributed by atoms with Gasteiger partial charge in [-0.2, -0.15) is 0 Å². The van der Waals surface area contributed by atoms with E-state index in [1.165, 1.54) is 4.90 Å². The maximum absolute atomic E-state index is 10.9. The lowest BCUT2D eigenvalue weighted by atomic mass is 9.93. The van der Waals surface area contributed by atoms with E-state index in [1.807, 2.05) is 42.5 Å². The highest BCUT2D eigenvalue weighted by molar-refractivity contribution is 7.99. The van der Waals surface area contributed by atoms with Crippen molar-refractivity contribution in [2.24, 2.45) is 0 Å². The van der Waals surface area contributed by atoms with Crippen LogP contribution in [0.3, 0.4) is 0 Å². The molecule has 0 saturated carbocycles. The van der Waals surface area contributed by atoms with Crippen molar-refractivity contribution in [3.05, 3.63) is 72.8 Å². The summed E-state index contributed by atoms with van der Waals surface area (Å²) in [6.45, 7) is 3.78. The van der Waals surface area contributed by atoms with Gasteiger partial charge in [0.1, 0.15) is 5.75 Å². The summed E-state index contributed by atoms with van der Waals surface area (Å²) in [5.41, 5.74) is 0.301. The van der Waals surface area contributed by atoms with Gasteiger partial charge in [-0.1, -0.05) is 36.4 Å². The Hall–Kier alpha value is -1.71. The van der Waals surface area contributed by atoms with E-state index in [2.05, 4.69) is 18.7 Å². The molecule has 0 aliphatic rings. The molecule has 2 aromatic carbocycles. The average Bonchev–Trinajstić information content (AvgIpc) is 2.55. The Balaban J connectivity index is 2.04. The van der Waals surface area contributed by atoms with Crippen molar-refractivity contribution in [3.8, 4) is 5.75 Å². The molecule has 0 heterocycles. The van der Waals surface area contributed by atoms with E-state index < -0.39 is 5.60 Å². The zero-order valence-corrected chi connectivity index (χ0v) is 13.7. The fourth-order valence-electron chi connectivity index (χ4n) is 2.31. The summed E-state index contributed by atoms with van der Waals surface area (Å²) >= 11 is 1.67. The predicted molar refractivity (Wildman–Crippen MR) is 93.6 cm³/mol. The number of hydrogen-bond acceptors (Lipinski definition) is 3. The quantitative estimate of drug-likeness (QED) is 0.580. The van der Waals surface area contributed by atoms with Gasteiger partial charge in [-0.3, -0.25) is 0 Å². The maximum Gasteiger partial charge on any atom is 0.118 e. The molecule has 0 amide bonds. The highest BCUT2D eigenvalue weighted by atomic mass is 32.2. The third-order valence-electron chi connectivity index (χ3n) is 3.47. The zero-order chi connectivity index (χ0) is 15.8. The highest BCUT2D eigenvalue weighted by Crippen LogP contribution is 2.28. The second-order valence-electron chi connectivity index (χ2n) is 5.34. The largest absolute Gasteiger partial charge is 0.497 e. The molecule has 3 heteroatoms. The van der Waals surface area contributed by atoms with Gasteiger partial charge in [0.25, 0.3) is 0 Å². The molecule has 2 rings (SSSR count). The first-order valence-electron chi connectivity index (χ1n) is 7.29. The molecular formula is C19H22O2S. The Morgan fingerprint density at radius 3 is 2.41 bits per heavy atom. The Morgan fingerprint density at radius 1 is 1.14 bits per heavy atom. The van der Waals surface area contributed by atoms with Crippen molar-refractivity contribution in [2.75, 3.05) is 12.9 Å². The Labute approximate surface area is 136 Å². The van der Waals surface area contributed by atoms with Crippen molar-refractivity contribution >= 4 is 11.8 Å². The molecule has 2 nitrogen and oxygen atoms in total. The molecule has 0 aromatic heterocycles. The normalized spacial score (nSPS) is 13.4. The smallest absolute Gasteiger partial charge is 0.118 e. The van der Waals surface area contributed by atoms with Crippen LogP contribution in [0.2, 0.25) is 0 Å². The average molecular weight is 314 g/mol. The number of hydrogen-bond donors (Lipinski definition) is 1. The predicted octanol–water partition coefficient (Wildman–Crippen LogP) is 4.34. The van der Waals surface area contributed by atoms with Gasteiger partial charge in [-0.05, 0) is 36.2 Å². The van der Waals surface area contributed by atoms with Crippen LogP contribution < -0.4 is 4.74 Å². The van der Waals surface area contributed by atoms with E-state index in [1.54, 1.807) is 24.9 Å². The monoisotopic (exact) mass is 314 g/mol. The summed E-state index contributed by atoms with van der Waals surface area (Å²) < 4.78 is 5.17. The van der Waals surface area contributed by atoms with Crippen LogP contribution in [0.15, 0.2) is 72.1 Å². The van der Waals surface area contributed by atoms with Gasteiger partial charge >= 0.3 is 0 Å². The first kappa shape index (κ1) is 16.7. The Morgan fingerprint density at radius 2 is 1.82 bits per heavy atom. The third kappa shape index (κ3) is 4.93. The van der Waals surface area contributed by atoms with E-state index >= 15 is 0 Å². The molecule has 0 fully saturated rings. The van der Waals surface area contributed by atoms with Crippen LogP contribution in [-0.2, 0) is 6.42 Å². The van der Waals surface area contributed by atoms with Gasteiger partial charge in [0.05, 0.1) is 12.7 Å². The van der Waals surface area contributed by atoms with Gasteiger partial charge in [-0.25, -0.2) is 0 Å². The van der Waals surface area contributed by atoms with Crippen LogP contribution in [0.25, 0.3) is 0 Å². The second kappa shape index (κ2) is 8.06. The molecule has 0 bridgehead atoms. The summed E-state index contributed by atoms with van der Waals surface area (Å²) in [6.07, 6.45) is 2.96. The molecule has 0 aliphatic carbocycles. The number of rotatable bonds is 8. The van der Waals surface area contributed by atoms with Crippen LogP contribution in [-0.4, -0.2) is 23.6 Å². The standard InChI is InChI=1S/C19H22O2S/c1-3-13-19(20,15-22-18-7-5-4-6-8-18)14-16-9-11-17(21-2)12-10-16/h3-12,20H,1,13-15H2,2H3. The molecule has 116 valence electrons. The molecule has 22 heavy (non-hydrogen) atoms. The molecular weight excluding hydrogens is 292 g/mol. The number of aliphatic hydroxyl groups is 1. The summed E-state index contributed by atoms with van der Waals surface area (Å²) in [4.78, 5) is 1.17. The van der Waals surface area contributed by atoms with E-state index in [4.69, 9.17) is 4.74 Å². The fourth-order valence-corrected chi connectivity index (χ4v) is 3.31. The van der Waals surface area contributed by atoms with Gasteiger partial charge in [0.15, 0.2) is 0 Å². The van der Waals surface area contributed by atoms with Crippen molar-refractivity contribution in [3.63, 3.8) is 0 Å². The van der Waals surface area contributed by atoms with Gasteiger partial charge in [0.2, 0.25) is 0 Å². The Kier molecular flexibility index (Phi) is 6.10. The van der Waals surface area contributed by atoms with E-state index in [0.29, 0.717) is 18.6 Å². The zero-order valence-electron chi connectivity index (χ0n) is 12.9. The topological polar surface area (TPSA) is 29.5 Å². The minimum absolute atomic E-state index is 0.568. The van der Waals surface area contributed by atoms with Crippen LogP contribution >= 0.6 is 11.8 Å². The lowest BCUT2D eigenvalue weighted by molar-refractivity contribution is 0.0688. The minimum atomic E-state index is -0.795. The first-order valence-corrected chi connectivity index (χ1v) is 8.28. The van der Waals surface area contributed by atoms with Crippen LogP contribution in [0.4, 0.5) is 0 Å². The number of benzene rings is 2. The summed E-state index contributed by atoms with van der Waals surface area (Å²) in [6, 6.07) is 18.0. The molecule has 0 aliphatic heterocycles. The Bertz CT molecular complexity index is 580. The SMILES string of the molecule is C=CCC(O)(CSc1ccccc1)Cc1ccc(OC)cc1. The van der Waals surface area contributed by atoms with Crippen LogP contribution in [0.1, 0.15) is 12.0 Å². The number of thioether (sulfide) groups is 1. The van der Waals surface area contributed by atoms with E-state index in [9.17, 15) is 5.11 Å². The molecule has 0 saturated heterocycles. The lowest BCUT2D eigenvalue weighted by Crippen LogP contribution is -2.33. The van der Waals surface area contributed by atoms with Crippen molar-refractivity contribution in [2.45, 2.75) is 23.3 Å². The van der Waals surface area contributed by atoms with Crippen molar-refractivity contribution < 1.29 is 9.84 Å². The molecule has 2 aromatic rings. The van der Waals surface area contributed by atoms with Gasteiger partial charge in [-0.15, -0.1) is 18.3 Å². The fraction of sp³-hybridized carbons (Fsp3) is 0.263. The first-order chi connectivity index (χ1) is 10.6. The molecule has 1 unspecified atom stereocenters.